The maximum absolute atomic E-state index is 10.4. The molecule has 0 saturated heterocycles. The van der Waals surface area contributed by atoms with Crippen LogP contribution in [0.1, 0.15) is 18.1 Å². The molecule has 0 radical (unpaired) electrons. The summed E-state index contributed by atoms with van der Waals surface area (Å²) < 4.78 is 0. The van der Waals surface area contributed by atoms with Gasteiger partial charge in [0.15, 0.2) is 0 Å². The number of carboxylic acid groups (broad SMARTS) is 1. The lowest BCUT2D eigenvalue weighted by Gasteiger charge is -2.11. The minimum atomic E-state index is -0.931. The SMILES string of the molecule is NOC(CC(=O)O)c1ccccc1. The van der Waals surface area contributed by atoms with E-state index < -0.39 is 12.1 Å². The van der Waals surface area contributed by atoms with Crippen LogP contribution < -0.4 is 5.90 Å². The highest BCUT2D eigenvalue weighted by molar-refractivity contribution is 5.67. The van der Waals surface area contributed by atoms with Gasteiger partial charge in [-0.3, -0.25) is 9.63 Å². The molecule has 0 amide bonds. The molecule has 1 atom stereocenters. The number of benzene rings is 1. The fourth-order valence-electron chi connectivity index (χ4n) is 1.07. The van der Waals surface area contributed by atoms with Gasteiger partial charge in [0.1, 0.15) is 6.10 Å². The van der Waals surface area contributed by atoms with Crippen molar-refractivity contribution in [1.29, 1.82) is 0 Å². The van der Waals surface area contributed by atoms with Gasteiger partial charge >= 0.3 is 5.97 Å². The van der Waals surface area contributed by atoms with Gasteiger partial charge in [0.2, 0.25) is 0 Å². The van der Waals surface area contributed by atoms with Crippen LogP contribution in [0.15, 0.2) is 30.3 Å². The molecule has 0 heterocycles. The average Bonchev–Trinajstić information content (AvgIpc) is 2.15. The summed E-state index contributed by atoms with van der Waals surface area (Å²) in [6.45, 7) is 0. The van der Waals surface area contributed by atoms with Crippen LogP contribution in [-0.4, -0.2) is 11.1 Å². The number of aliphatic carboxylic acids is 1. The number of nitrogens with two attached hydrogens (primary N) is 1. The van der Waals surface area contributed by atoms with E-state index in [0.717, 1.165) is 5.56 Å². The second-order valence-corrected chi connectivity index (χ2v) is 2.63. The summed E-state index contributed by atoms with van der Waals surface area (Å²) in [7, 11) is 0. The van der Waals surface area contributed by atoms with Crippen LogP contribution in [0.25, 0.3) is 0 Å². The molecule has 0 fully saturated rings. The van der Waals surface area contributed by atoms with E-state index in [9.17, 15) is 4.79 Å². The van der Waals surface area contributed by atoms with Crippen molar-refractivity contribution in [2.24, 2.45) is 5.90 Å². The third-order valence-corrected chi connectivity index (χ3v) is 1.70. The summed E-state index contributed by atoms with van der Waals surface area (Å²) in [5, 5.41) is 8.54. The molecule has 0 spiro atoms. The van der Waals surface area contributed by atoms with Crippen molar-refractivity contribution in [1.82, 2.24) is 0 Å². The average molecular weight is 181 g/mol. The topological polar surface area (TPSA) is 72.5 Å². The van der Waals surface area contributed by atoms with Gasteiger partial charge in [-0.15, -0.1) is 0 Å². The van der Waals surface area contributed by atoms with E-state index in [1.807, 2.05) is 18.2 Å². The lowest BCUT2D eigenvalue weighted by Crippen LogP contribution is -2.13. The molecule has 3 N–H and O–H groups in total. The molecule has 1 unspecified atom stereocenters. The quantitative estimate of drug-likeness (QED) is 0.682. The van der Waals surface area contributed by atoms with Gasteiger partial charge in [-0.2, -0.15) is 0 Å². The van der Waals surface area contributed by atoms with Crippen molar-refractivity contribution in [3.63, 3.8) is 0 Å². The highest BCUT2D eigenvalue weighted by atomic mass is 16.6. The van der Waals surface area contributed by atoms with Crippen LogP contribution in [0.3, 0.4) is 0 Å². The van der Waals surface area contributed by atoms with E-state index in [2.05, 4.69) is 4.84 Å². The van der Waals surface area contributed by atoms with Gasteiger partial charge in [-0.05, 0) is 5.56 Å². The van der Waals surface area contributed by atoms with E-state index in [1.54, 1.807) is 12.1 Å². The fourth-order valence-corrected chi connectivity index (χ4v) is 1.07. The van der Waals surface area contributed by atoms with Crippen molar-refractivity contribution in [2.75, 3.05) is 0 Å². The largest absolute Gasteiger partial charge is 0.481 e. The summed E-state index contributed by atoms with van der Waals surface area (Å²) in [4.78, 5) is 15.0. The van der Waals surface area contributed by atoms with Crippen molar-refractivity contribution in [3.8, 4) is 0 Å². The first-order valence-corrected chi connectivity index (χ1v) is 3.86. The number of rotatable bonds is 4. The molecule has 0 bridgehead atoms. The van der Waals surface area contributed by atoms with Gasteiger partial charge in [-0.1, -0.05) is 30.3 Å². The Balaban J connectivity index is 2.73. The molecule has 1 aromatic rings. The molecule has 1 rings (SSSR count). The van der Waals surface area contributed by atoms with Gasteiger partial charge < -0.3 is 5.11 Å². The minimum absolute atomic E-state index is 0.124. The Kier molecular flexibility index (Phi) is 3.42. The van der Waals surface area contributed by atoms with Gasteiger partial charge in [0, 0.05) is 0 Å². The number of hydrogen-bond donors (Lipinski definition) is 2. The van der Waals surface area contributed by atoms with Crippen molar-refractivity contribution in [3.05, 3.63) is 35.9 Å². The Bertz CT molecular complexity index is 273. The van der Waals surface area contributed by atoms with Crippen LogP contribution in [0.5, 0.6) is 0 Å². The summed E-state index contributed by atoms with van der Waals surface area (Å²) in [5.41, 5.74) is 0.771. The Morgan fingerprint density at radius 2 is 2.08 bits per heavy atom. The molecule has 4 heteroatoms. The van der Waals surface area contributed by atoms with Crippen LogP contribution >= 0.6 is 0 Å². The van der Waals surface area contributed by atoms with Crippen LogP contribution in [0.4, 0.5) is 0 Å². The van der Waals surface area contributed by atoms with E-state index in [-0.39, 0.29) is 6.42 Å². The lowest BCUT2D eigenvalue weighted by molar-refractivity contribution is -0.140. The first-order chi connectivity index (χ1) is 6.24. The Morgan fingerprint density at radius 3 is 2.54 bits per heavy atom. The van der Waals surface area contributed by atoms with Gasteiger partial charge in [-0.25, -0.2) is 5.90 Å². The zero-order valence-corrected chi connectivity index (χ0v) is 7.01. The van der Waals surface area contributed by atoms with E-state index >= 15 is 0 Å². The second-order valence-electron chi connectivity index (χ2n) is 2.63. The van der Waals surface area contributed by atoms with Crippen LogP contribution in [-0.2, 0) is 9.63 Å². The lowest BCUT2D eigenvalue weighted by atomic mass is 10.1. The molecule has 70 valence electrons. The standard InChI is InChI=1S/C9H11NO3/c10-13-8(6-9(11)12)7-4-2-1-3-5-7/h1-5,8H,6,10H2,(H,11,12). The predicted octanol–water partition coefficient (Wildman–Crippen LogP) is 1.09. The highest BCUT2D eigenvalue weighted by Crippen LogP contribution is 2.18. The third kappa shape index (κ3) is 2.85. The molecule has 0 aliphatic rings. The fraction of sp³-hybridized carbons (Fsp3) is 0.222. The number of hydrogen-bond acceptors (Lipinski definition) is 3. The molecular weight excluding hydrogens is 170 g/mol. The number of carboxylic acids is 1. The first-order valence-electron chi connectivity index (χ1n) is 3.86. The van der Waals surface area contributed by atoms with Gasteiger partial charge in [0.25, 0.3) is 0 Å². The highest BCUT2D eigenvalue weighted by Gasteiger charge is 2.14. The van der Waals surface area contributed by atoms with Gasteiger partial charge in [0.05, 0.1) is 6.42 Å². The normalized spacial score (nSPS) is 12.4. The third-order valence-electron chi connectivity index (χ3n) is 1.70. The van der Waals surface area contributed by atoms with Crippen LogP contribution in [0.2, 0.25) is 0 Å². The Labute approximate surface area is 75.9 Å². The minimum Gasteiger partial charge on any atom is -0.481 e. The van der Waals surface area contributed by atoms with Crippen molar-refractivity contribution in [2.45, 2.75) is 12.5 Å². The predicted molar refractivity (Wildman–Crippen MR) is 46.7 cm³/mol. The second kappa shape index (κ2) is 4.59. The number of carbonyl (C=O) groups is 1. The first kappa shape index (κ1) is 9.70. The van der Waals surface area contributed by atoms with Crippen molar-refractivity contribution < 1.29 is 14.7 Å². The molecule has 13 heavy (non-hydrogen) atoms. The monoisotopic (exact) mass is 181 g/mol. The van der Waals surface area contributed by atoms with E-state index in [0.29, 0.717) is 0 Å². The zero-order chi connectivity index (χ0) is 9.68. The summed E-state index contributed by atoms with van der Waals surface area (Å²) in [6, 6.07) is 9.02. The summed E-state index contributed by atoms with van der Waals surface area (Å²) in [6.07, 6.45) is -0.695. The maximum atomic E-state index is 10.4. The smallest absolute Gasteiger partial charge is 0.306 e. The molecular formula is C9H11NO3. The Hall–Kier alpha value is -1.39. The summed E-state index contributed by atoms with van der Waals surface area (Å²) >= 11 is 0. The van der Waals surface area contributed by atoms with Crippen LogP contribution in [0, 0.1) is 0 Å². The molecule has 0 aliphatic heterocycles. The molecule has 4 nitrogen and oxygen atoms in total. The molecule has 1 aromatic carbocycles. The molecule has 0 saturated carbocycles. The van der Waals surface area contributed by atoms with E-state index in [4.69, 9.17) is 11.0 Å². The van der Waals surface area contributed by atoms with Crippen molar-refractivity contribution >= 4 is 5.97 Å². The zero-order valence-electron chi connectivity index (χ0n) is 7.01. The summed E-state index contributed by atoms with van der Waals surface area (Å²) in [5.74, 6) is 4.06. The maximum Gasteiger partial charge on any atom is 0.306 e. The van der Waals surface area contributed by atoms with E-state index in [1.165, 1.54) is 0 Å². The Morgan fingerprint density at radius 1 is 1.46 bits per heavy atom. The molecule has 0 aliphatic carbocycles. The molecule has 0 aromatic heterocycles.